The second kappa shape index (κ2) is 5.83. The second-order valence-electron chi connectivity index (χ2n) is 2.26. The minimum absolute atomic E-state index is 0.104. The molecule has 78 valence electrons. The summed E-state index contributed by atoms with van der Waals surface area (Å²) < 4.78 is 0. The summed E-state index contributed by atoms with van der Waals surface area (Å²) in [7, 11) is 0. The monoisotopic (exact) mass is 235 g/mol. The van der Waals surface area contributed by atoms with Crippen LogP contribution in [0.4, 0.5) is 5.69 Å². The molecule has 0 radical (unpaired) electrons. The maximum absolute atomic E-state index is 10.4. The summed E-state index contributed by atoms with van der Waals surface area (Å²) in [5.41, 5.74) is 0.422. The zero-order chi connectivity index (χ0) is 11.3. The Labute approximate surface area is 92.8 Å². The molecule has 0 saturated heterocycles. The van der Waals surface area contributed by atoms with Gasteiger partial charge in [-0.15, -0.1) is 0 Å². The molecule has 0 amide bonds. The van der Waals surface area contributed by atoms with Gasteiger partial charge in [0.05, 0.1) is 4.92 Å². The van der Waals surface area contributed by atoms with Gasteiger partial charge >= 0.3 is 0 Å². The molecule has 0 spiro atoms. The summed E-state index contributed by atoms with van der Waals surface area (Å²) in [5, 5.41) is 10.9. The predicted molar refractivity (Wildman–Crippen MR) is 59.2 cm³/mol. The third kappa shape index (κ3) is 2.86. The van der Waals surface area contributed by atoms with Gasteiger partial charge in [0.15, 0.2) is 0 Å². The zero-order valence-corrected chi connectivity index (χ0v) is 9.69. The van der Waals surface area contributed by atoms with E-state index in [2.05, 4.69) is 0 Å². The van der Waals surface area contributed by atoms with Gasteiger partial charge in [0.25, 0.3) is 5.69 Å². The molecule has 1 aromatic carbocycles. The number of halogens is 2. The molecule has 0 aliphatic rings. The van der Waals surface area contributed by atoms with Gasteiger partial charge in [0.2, 0.25) is 0 Å². The van der Waals surface area contributed by atoms with Crippen LogP contribution in [0, 0.1) is 17.0 Å². The molecule has 0 aliphatic carbocycles. The highest BCUT2D eigenvalue weighted by atomic mass is 35.5. The summed E-state index contributed by atoms with van der Waals surface area (Å²) in [6.07, 6.45) is 0. The van der Waals surface area contributed by atoms with Gasteiger partial charge in [0.1, 0.15) is 5.02 Å². The molecule has 1 aromatic rings. The first-order valence-electron chi connectivity index (χ1n) is 4.13. The van der Waals surface area contributed by atoms with Crippen LogP contribution in [0.1, 0.15) is 19.4 Å². The summed E-state index contributed by atoms with van der Waals surface area (Å²) in [6.45, 7) is 5.64. The average molecular weight is 236 g/mol. The summed E-state index contributed by atoms with van der Waals surface area (Å²) in [6, 6.07) is 2.75. The van der Waals surface area contributed by atoms with Crippen molar-refractivity contribution in [1.82, 2.24) is 0 Å². The van der Waals surface area contributed by atoms with Crippen LogP contribution in [0.3, 0.4) is 0 Å². The molecule has 0 bridgehead atoms. The number of rotatable bonds is 1. The minimum atomic E-state index is -0.536. The highest BCUT2D eigenvalue weighted by Gasteiger charge is 2.15. The van der Waals surface area contributed by atoms with Gasteiger partial charge in [-0.3, -0.25) is 10.1 Å². The van der Waals surface area contributed by atoms with E-state index in [0.717, 1.165) is 0 Å². The fourth-order valence-corrected chi connectivity index (χ4v) is 1.23. The Balaban J connectivity index is 0.000000791. The van der Waals surface area contributed by atoms with Crippen molar-refractivity contribution in [2.24, 2.45) is 0 Å². The molecule has 1 rings (SSSR count). The van der Waals surface area contributed by atoms with E-state index in [1.807, 2.05) is 13.8 Å². The number of hydrogen-bond donors (Lipinski definition) is 0. The first-order chi connectivity index (χ1) is 6.54. The van der Waals surface area contributed by atoms with Gasteiger partial charge in [-0.1, -0.05) is 37.0 Å². The van der Waals surface area contributed by atoms with Crippen LogP contribution in [0.25, 0.3) is 0 Å². The van der Waals surface area contributed by atoms with Crippen LogP contribution in [-0.2, 0) is 0 Å². The molecule has 0 atom stereocenters. The van der Waals surface area contributed by atoms with Crippen molar-refractivity contribution in [3.8, 4) is 0 Å². The lowest BCUT2D eigenvalue weighted by Crippen LogP contribution is -1.90. The number of benzene rings is 1. The molecule has 0 aromatic heterocycles. The van der Waals surface area contributed by atoms with Crippen LogP contribution >= 0.6 is 23.2 Å². The lowest BCUT2D eigenvalue weighted by Gasteiger charge is -2.00. The smallest absolute Gasteiger partial charge is 0.258 e. The van der Waals surface area contributed by atoms with Crippen molar-refractivity contribution in [2.45, 2.75) is 20.8 Å². The topological polar surface area (TPSA) is 43.1 Å². The van der Waals surface area contributed by atoms with Gasteiger partial charge in [-0.2, -0.15) is 0 Å². The van der Waals surface area contributed by atoms with E-state index >= 15 is 0 Å². The van der Waals surface area contributed by atoms with Gasteiger partial charge < -0.3 is 0 Å². The van der Waals surface area contributed by atoms with Crippen LogP contribution < -0.4 is 0 Å². The maximum atomic E-state index is 10.4. The van der Waals surface area contributed by atoms with Crippen LogP contribution in [0.15, 0.2) is 12.1 Å². The van der Waals surface area contributed by atoms with Crippen LogP contribution in [0.2, 0.25) is 10.0 Å². The van der Waals surface area contributed by atoms with Crippen LogP contribution in [-0.4, -0.2) is 4.92 Å². The van der Waals surface area contributed by atoms with Crippen molar-refractivity contribution in [3.05, 3.63) is 37.9 Å². The van der Waals surface area contributed by atoms with Crippen molar-refractivity contribution >= 4 is 28.9 Å². The minimum Gasteiger partial charge on any atom is -0.258 e. The molecule has 0 saturated carbocycles. The van der Waals surface area contributed by atoms with Crippen molar-refractivity contribution < 1.29 is 4.92 Å². The largest absolute Gasteiger partial charge is 0.288 e. The van der Waals surface area contributed by atoms with Gasteiger partial charge in [-0.05, 0) is 18.6 Å². The average Bonchev–Trinajstić information content (AvgIpc) is 2.17. The molecular weight excluding hydrogens is 225 g/mol. The summed E-state index contributed by atoms with van der Waals surface area (Å²) >= 11 is 11.4. The molecule has 0 N–H and O–H groups in total. The molecule has 5 heteroatoms. The molecule has 0 aliphatic heterocycles. The quantitative estimate of drug-likeness (QED) is 0.540. The predicted octanol–water partition coefficient (Wildman–Crippen LogP) is 4.24. The van der Waals surface area contributed by atoms with E-state index in [1.54, 1.807) is 6.92 Å². The number of hydrogen-bond acceptors (Lipinski definition) is 2. The van der Waals surface area contributed by atoms with Crippen molar-refractivity contribution in [2.75, 3.05) is 0 Å². The fraction of sp³-hybridized carbons (Fsp3) is 0.333. The van der Waals surface area contributed by atoms with E-state index in [9.17, 15) is 10.1 Å². The molecule has 0 fully saturated rings. The summed E-state index contributed by atoms with van der Waals surface area (Å²) in [4.78, 5) is 9.83. The third-order valence-corrected chi connectivity index (χ3v) is 2.38. The normalized spacial score (nSPS) is 8.93. The highest BCUT2D eigenvalue weighted by molar-refractivity contribution is 6.37. The first-order valence-corrected chi connectivity index (χ1v) is 4.88. The lowest BCUT2D eigenvalue weighted by molar-refractivity contribution is -0.384. The lowest BCUT2D eigenvalue weighted by atomic mass is 10.2. The van der Waals surface area contributed by atoms with Crippen molar-refractivity contribution in [1.29, 1.82) is 0 Å². The van der Waals surface area contributed by atoms with E-state index in [-0.39, 0.29) is 10.7 Å². The zero-order valence-electron chi connectivity index (χ0n) is 8.17. The van der Waals surface area contributed by atoms with Crippen molar-refractivity contribution in [3.63, 3.8) is 0 Å². The molecule has 14 heavy (non-hydrogen) atoms. The fourth-order valence-electron chi connectivity index (χ4n) is 0.788. The van der Waals surface area contributed by atoms with Crippen LogP contribution in [0.5, 0.6) is 0 Å². The van der Waals surface area contributed by atoms with E-state index < -0.39 is 4.92 Å². The second-order valence-corrected chi connectivity index (χ2v) is 3.05. The van der Waals surface area contributed by atoms with E-state index in [1.165, 1.54) is 12.1 Å². The highest BCUT2D eigenvalue weighted by Crippen LogP contribution is 2.31. The number of nitro groups is 1. The molecule has 3 nitrogen and oxygen atoms in total. The standard InChI is InChI=1S/C7H5Cl2NO2.C2H6/c1-4-5(8)2-3-6(7(4)9)10(11)12;1-2/h2-3H,1H3;1-2H3. The Morgan fingerprint density at radius 3 is 2.21 bits per heavy atom. The Bertz CT molecular complexity index is 340. The number of nitro benzene ring substituents is 1. The van der Waals surface area contributed by atoms with Gasteiger partial charge in [-0.25, -0.2) is 0 Å². The first kappa shape index (κ1) is 13.2. The number of nitrogens with zero attached hydrogens (tertiary/aromatic N) is 1. The van der Waals surface area contributed by atoms with E-state index in [0.29, 0.717) is 10.6 Å². The molecule has 0 unspecified atom stereocenters. The Morgan fingerprint density at radius 1 is 1.29 bits per heavy atom. The summed E-state index contributed by atoms with van der Waals surface area (Å²) in [5.74, 6) is 0. The Kier molecular flexibility index (Phi) is 5.50. The maximum Gasteiger partial charge on any atom is 0.288 e. The SMILES string of the molecule is CC.Cc1c(Cl)ccc([N+](=O)[O-])c1Cl. The Hall–Kier alpha value is -0.800. The molecular formula is C9H11Cl2NO2. The molecule has 0 heterocycles. The van der Waals surface area contributed by atoms with E-state index in [4.69, 9.17) is 23.2 Å². The Morgan fingerprint density at radius 2 is 1.79 bits per heavy atom. The third-order valence-electron chi connectivity index (χ3n) is 1.50. The van der Waals surface area contributed by atoms with Gasteiger partial charge in [0, 0.05) is 11.1 Å².